The first-order chi connectivity index (χ1) is 8.37. The molecule has 0 saturated carbocycles. The fraction of sp³-hybridized carbons (Fsp3) is 0.412. The van der Waals surface area contributed by atoms with E-state index in [1.54, 1.807) is 0 Å². The van der Waals surface area contributed by atoms with Gasteiger partial charge < -0.3 is 4.40 Å². The molecule has 0 N–H and O–H groups in total. The number of hydrogen-bond acceptors (Lipinski definition) is 0. The van der Waals surface area contributed by atoms with E-state index in [1.807, 2.05) is 0 Å². The summed E-state index contributed by atoms with van der Waals surface area (Å²) in [7, 11) is 0. The molecule has 0 aliphatic heterocycles. The lowest BCUT2D eigenvalue weighted by molar-refractivity contribution is 1.20. The van der Waals surface area contributed by atoms with Crippen LogP contribution in [0.25, 0.3) is 16.6 Å². The number of rotatable bonds is 0. The van der Waals surface area contributed by atoms with Gasteiger partial charge in [0.05, 0.1) is 16.6 Å². The molecule has 3 aromatic heterocycles. The van der Waals surface area contributed by atoms with Crippen molar-refractivity contribution in [2.24, 2.45) is 0 Å². The number of pyridine rings is 1. The lowest BCUT2D eigenvalue weighted by Crippen LogP contribution is -1.96. The fourth-order valence-electron chi connectivity index (χ4n) is 3.53. The molecule has 94 valence electrons. The summed E-state index contributed by atoms with van der Waals surface area (Å²) in [6, 6.07) is 0. The molecular formula is C17H21N. The standard InChI is InChI=1S/C17H21N/c1-8-9(2)15-11(4)13(6)17-14(7)12(5)16(10(8)3)18(15)17/h1-7H3. The summed E-state index contributed by atoms with van der Waals surface area (Å²) in [4.78, 5) is 0. The summed E-state index contributed by atoms with van der Waals surface area (Å²) >= 11 is 0. The molecule has 0 saturated heterocycles. The highest BCUT2D eigenvalue weighted by atomic mass is 14.9. The number of hydrogen-bond donors (Lipinski definition) is 0. The maximum Gasteiger partial charge on any atom is 0.0527 e. The third-order valence-electron chi connectivity index (χ3n) is 5.05. The van der Waals surface area contributed by atoms with Crippen molar-refractivity contribution in [3.63, 3.8) is 0 Å². The van der Waals surface area contributed by atoms with E-state index in [-0.39, 0.29) is 0 Å². The smallest absolute Gasteiger partial charge is 0.0527 e. The highest BCUT2D eigenvalue weighted by Gasteiger charge is 2.21. The van der Waals surface area contributed by atoms with Gasteiger partial charge in [0.25, 0.3) is 0 Å². The summed E-state index contributed by atoms with van der Waals surface area (Å²) in [5.74, 6) is 0. The average Bonchev–Trinajstić information content (AvgIpc) is 2.72. The van der Waals surface area contributed by atoms with Crippen molar-refractivity contribution in [3.05, 3.63) is 38.9 Å². The normalized spacial score (nSPS) is 12.2. The molecule has 0 aliphatic rings. The molecule has 1 nitrogen and oxygen atoms in total. The Morgan fingerprint density at radius 3 is 0.889 bits per heavy atom. The predicted octanol–water partition coefficient (Wildman–Crippen LogP) is 4.69. The molecule has 0 atom stereocenters. The van der Waals surface area contributed by atoms with Crippen LogP contribution in [0.15, 0.2) is 0 Å². The molecule has 0 radical (unpaired) electrons. The van der Waals surface area contributed by atoms with E-state index < -0.39 is 0 Å². The van der Waals surface area contributed by atoms with E-state index in [1.165, 1.54) is 55.5 Å². The van der Waals surface area contributed by atoms with Gasteiger partial charge in [-0.1, -0.05) is 0 Å². The summed E-state index contributed by atoms with van der Waals surface area (Å²) in [5.41, 5.74) is 14.4. The summed E-state index contributed by atoms with van der Waals surface area (Å²) < 4.78 is 2.49. The van der Waals surface area contributed by atoms with Crippen LogP contribution in [0.3, 0.4) is 0 Å². The molecule has 3 heterocycles. The molecule has 0 spiro atoms. The Hall–Kier alpha value is -1.50. The molecule has 0 aromatic carbocycles. The van der Waals surface area contributed by atoms with E-state index in [0.29, 0.717) is 0 Å². The van der Waals surface area contributed by atoms with Gasteiger partial charge in [-0.05, 0) is 87.4 Å². The SMILES string of the molecule is Cc1c(C)c2c(C)c(C)c3c(C)c(C)c(c1C)n23. The van der Waals surface area contributed by atoms with Gasteiger partial charge >= 0.3 is 0 Å². The molecule has 0 bridgehead atoms. The van der Waals surface area contributed by atoms with Crippen LogP contribution in [-0.2, 0) is 0 Å². The van der Waals surface area contributed by atoms with Crippen molar-refractivity contribution in [2.45, 2.75) is 48.5 Å². The number of aryl methyl sites for hydroxylation is 6. The Labute approximate surface area is 109 Å². The van der Waals surface area contributed by atoms with Crippen LogP contribution in [0, 0.1) is 48.5 Å². The number of nitrogens with zero attached hydrogens (tertiary/aromatic N) is 1. The first-order valence-electron chi connectivity index (χ1n) is 6.67. The van der Waals surface area contributed by atoms with Gasteiger partial charge in [-0.2, -0.15) is 0 Å². The van der Waals surface area contributed by atoms with Gasteiger partial charge in [0.15, 0.2) is 0 Å². The zero-order valence-corrected chi connectivity index (χ0v) is 12.4. The molecule has 0 aliphatic carbocycles. The fourth-order valence-corrected chi connectivity index (χ4v) is 3.53. The Morgan fingerprint density at radius 1 is 0.389 bits per heavy atom. The molecule has 0 fully saturated rings. The van der Waals surface area contributed by atoms with Crippen LogP contribution >= 0.6 is 0 Å². The highest BCUT2D eigenvalue weighted by Crippen LogP contribution is 2.38. The summed E-state index contributed by atoms with van der Waals surface area (Å²) in [5, 5.41) is 0. The second-order valence-corrected chi connectivity index (χ2v) is 5.76. The van der Waals surface area contributed by atoms with Crippen molar-refractivity contribution < 1.29 is 0 Å². The Morgan fingerprint density at radius 2 is 0.611 bits per heavy atom. The summed E-state index contributed by atoms with van der Waals surface area (Å²) in [6.45, 7) is 15.8. The van der Waals surface area contributed by atoms with Crippen molar-refractivity contribution in [1.82, 2.24) is 4.40 Å². The topological polar surface area (TPSA) is 4.41 Å². The molecule has 0 unspecified atom stereocenters. The van der Waals surface area contributed by atoms with Crippen LogP contribution in [0.1, 0.15) is 38.9 Å². The maximum atomic E-state index is 2.49. The molecule has 0 amide bonds. The van der Waals surface area contributed by atoms with E-state index >= 15 is 0 Å². The third-order valence-corrected chi connectivity index (χ3v) is 5.05. The van der Waals surface area contributed by atoms with Crippen molar-refractivity contribution in [3.8, 4) is 0 Å². The van der Waals surface area contributed by atoms with Crippen LogP contribution < -0.4 is 0 Å². The monoisotopic (exact) mass is 239 g/mol. The van der Waals surface area contributed by atoms with E-state index in [4.69, 9.17) is 0 Å². The molecule has 18 heavy (non-hydrogen) atoms. The van der Waals surface area contributed by atoms with Gasteiger partial charge in [0.1, 0.15) is 0 Å². The quantitative estimate of drug-likeness (QED) is 0.536. The predicted molar refractivity (Wildman–Crippen MR) is 79.2 cm³/mol. The largest absolute Gasteiger partial charge is 0.309 e. The minimum Gasteiger partial charge on any atom is -0.309 e. The van der Waals surface area contributed by atoms with Crippen LogP contribution in [0.2, 0.25) is 0 Å². The number of aromatic nitrogens is 1. The lowest BCUT2D eigenvalue weighted by atomic mass is 9.99. The Balaban J connectivity index is 2.82. The molecule has 3 rings (SSSR count). The van der Waals surface area contributed by atoms with Crippen molar-refractivity contribution in [1.29, 1.82) is 0 Å². The van der Waals surface area contributed by atoms with Crippen LogP contribution in [-0.4, -0.2) is 4.40 Å². The van der Waals surface area contributed by atoms with Gasteiger partial charge in [-0.3, -0.25) is 0 Å². The zero-order valence-electron chi connectivity index (χ0n) is 12.4. The Kier molecular flexibility index (Phi) is 2.11. The lowest BCUT2D eigenvalue weighted by Gasteiger charge is -2.12. The van der Waals surface area contributed by atoms with Crippen molar-refractivity contribution >= 4 is 16.6 Å². The Bertz CT molecular complexity index is 720. The minimum atomic E-state index is 1.43. The zero-order chi connectivity index (χ0) is 13.4. The van der Waals surface area contributed by atoms with E-state index in [0.717, 1.165) is 0 Å². The van der Waals surface area contributed by atoms with Crippen molar-refractivity contribution in [2.75, 3.05) is 0 Å². The molecule has 1 heteroatoms. The third kappa shape index (κ3) is 1.04. The van der Waals surface area contributed by atoms with Gasteiger partial charge in [0.2, 0.25) is 0 Å². The van der Waals surface area contributed by atoms with Crippen LogP contribution in [0.4, 0.5) is 0 Å². The second-order valence-electron chi connectivity index (χ2n) is 5.76. The first-order valence-corrected chi connectivity index (χ1v) is 6.67. The van der Waals surface area contributed by atoms with E-state index in [2.05, 4.69) is 52.9 Å². The first kappa shape index (κ1) is 11.6. The second kappa shape index (κ2) is 3.28. The van der Waals surface area contributed by atoms with Gasteiger partial charge in [-0.15, -0.1) is 0 Å². The van der Waals surface area contributed by atoms with E-state index in [9.17, 15) is 0 Å². The summed E-state index contributed by atoms with van der Waals surface area (Å²) in [6.07, 6.45) is 0. The highest BCUT2D eigenvalue weighted by molar-refractivity contribution is 5.90. The average molecular weight is 239 g/mol. The maximum absolute atomic E-state index is 2.49. The van der Waals surface area contributed by atoms with Gasteiger partial charge in [0, 0.05) is 0 Å². The molecule has 3 aromatic rings. The van der Waals surface area contributed by atoms with Crippen LogP contribution in [0.5, 0.6) is 0 Å². The van der Waals surface area contributed by atoms with Gasteiger partial charge in [-0.25, -0.2) is 0 Å². The minimum absolute atomic E-state index is 1.43. The molecular weight excluding hydrogens is 218 g/mol.